The zero-order chi connectivity index (χ0) is 13.2. The molecule has 0 bridgehead atoms. The van der Waals surface area contributed by atoms with E-state index >= 15 is 0 Å². The number of fused-ring (bicyclic) bond motifs is 1. The number of aromatic nitrogens is 2. The van der Waals surface area contributed by atoms with Crippen LogP contribution in [-0.2, 0) is 6.42 Å². The van der Waals surface area contributed by atoms with Gasteiger partial charge >= 0.3 is 0 Å². The fourth-order valence-electron chi connectivity index (χ4n) is 2.54. The Kier molecular flexibility index (Phi) is 3.13. The Morgan fingerprint density at radius 2 is 2.16 bits per heavy atom. The Labute approximate surface area is 112 Å². The van der Waals surface area contributed by atoms with Crippen LogP contribution < -0.4 is 14.8 Å². The van der Waals surface area contributed by atoms with Crippen molar-refractivity contribution in [1.29, 1.82) is 0 Å². The highest BCUT2D eigenvalue weighted by atomic mass is 16.5. The monoisotopic (exact) mass is 259 g/mol. The number of H-pyrrole nitrogens is 1. The van der Waals surface area contributed by atoms with E-state index in [1.165, 1.54) is 5.69 Å². The van der Waals surface area contributed by atoms with Crippen LogP contribution in [0, 0.1) is 0 Å². The van der Waals surface area contributed by atoms with E-state index in [0.717, 1.165) is 35.7 Å². The van der Waals surface area contributed by atoms with Crippen LogP contribution in [0.3, 0.4) is 0 Å². The van der Waals surface area contributed by atoms with Crippen LogP contribution in [0.2, 0.25) is 0 Å². The lowest BCUT2D eigenvalue weighted by Gasteiger charge is -2.25. The van der Waals surface area contributed by atoms with Crippen molar-refractivity contribution in [2.24, 2.45) is 0 Å². The Bertz CT molecular complexity index is 580. The molecule has 19 heavy (non-hydrogen) atoms. The number of imidazole rings is 1. The first kappa shape index (κ1) is 12.0. The Balaban J connectivity index is 2.07. The number of nitrogens with zero attached hydrogens (tertiary/aromatic N) is 1. The first-order valence-electron chi connectivity index (χ1n) is 6.31. The second-order valence-electron chi connectivity index (χ2n) is 4.51. The molecule has 2 aromatic rings. The van der Waals surface area contributed by atoms with Crippen LogP contribution in [0.1, 0.15) is 23.0 Å². The van der Waals surface area contributed by atoms with Crippen LogP contribution in [0.5, 0.6) is 11.5 Å². The summed E-state index contributed by atoms with van der Waals surface area (Å²) in [5.74, 6) is 1.66. The topological polar surface area (TPSA) is 59.2 Å². The van der Waals surface area contributed by atoms with Crippen molar-refractivity contribution >= 4 is 0 Å². The van der Waals surface area contributed by atoms with E-state index in [-0.39, 0.29) is 6.04 Å². The van der Waals surface area contributed by atoms with E-state index in [9.17, 15) is 0 Å². The van der Waals surface area contributed by atoms with E-state index in [4.69, 9.17) is 9.47 Å². The number of hydrogen-bond acceptors (Lipinski definition) is 4. The molecular formula is C14H17N3O2. The molecule has 5 nitrogen and oxygen atoms in total. The molecule has 1 aliphatic rings. The number of nitrogens with one attached hydrogen (secondary N) is 2. The molecular weight excluding hydrogens is 242 g/mol. The van der Waals surface area contributed by atoms with Crippen molar-refractivity contribution < 1.29 is 9.47 Å². The molecule has 3 rings (SSSR count). The summed E-state index contributed by atoms with van der Waals surface area (Å²) < 4.78 is 10.8. The maximum absolute atomic E-state index is 5.46. The van der Waals surface area contributed by atoms with Crippen LogP contribution in [0.4, 0.5) is 0 Å². The summed E-state index contributed by atoms with van der Waals surface area (Å²) in [6.45, 7) is 0.917. The molecule has 0 amide bonds. The van der Waals surface area contributed by atoms with Gasteiger partial charge in [-0.2, -0.15) is 0 Å². The second kappa shape index (κ2) is 4.93. The number of ether oxygens (including phenoxy) is 2. The van der Waals surface area contributed by atoms with Crippen LogP contribution in [0.15, 0.2) is 24.5 Å². The maximum atomic E-state index is 5.46. The van der Waals surface area contributed by atoms with Gasteiger partial charge in [-0.05, 0) is 18.2 Å². The number of hydrogen-bond donors (Lipinski definition) is 2. The van der Waals surface area contributed by atoms with Crippen LogP contribution >= 0.6 is 0 Å². The fourth-order valence-corrected chi connectivity index (χ4v) is 2.54. The Hall–Kier alpha value is -2.01. The third-order valence-corrected chi connectivity index (χ3v) is 3.50. The molecule has 0 aliphatic carbocycles. The molecule has 1 aromatic carbocycles. The maximum Gasteiger partial charge on any atom is 0.124 e. The molecule has 0 fully saturated rings. The summed E-state index contributed by atoms with van der Waals surface area (Å²) in [7, 11) is 3.35. The highest BCUT2D eigenvalue weighted by Gasteiger charge is 2.26. The number of benzene rings is 1. The second-order valence-corrected chi connectivity index (χ2v) is 4.51. The molecule has 0 spiro atoms. The molecule has 2 heterocycles. The highest BCUT2D eigenvalue weighted by Crippen LogP contribution is 2.34. The van der Waals surface area contributed by atoms with Crippen molar-refractivity contribution in [2.45, 2.75) is 12.5 Å². The molecule has 0 unspecified atom stereocenters. The minimum Gasteiger partial charge on any atom is -0.497 e. The Morgan fingerprint density at radius 1 is 1.26 bits per heavy atom. The fraction of sp³-hybridized carbons (Fsp3) is 0.357. The molecule has 5 heteroatoms. The third kappa shape index (κ3) is 2.06. The average Bonchev–Trinajstić information content (AvgIpc) is 2.94. The predicted molar refractivity (Wildman–Crippen MR) is 71.7 cm³/mol. The van der Waals surface area contributed by atoms with Crippen molar-refractivity contribution in [1.82, 2.24) is 15.3 Å². The molecule has 0 saturated heterocycles. The summed E-state index contributed by atoms with van der Waals surface area (Å²) in [5.41, 5.74) is 3.28. The lowest BCUT2D eigenvalue weighted by molar-refractivity contribution is 0.392. The third-order valence-electron chi connectivity index (χ3n) is 3.50. The number of aromatic amines is 1. The van der Waals surface area contributed by atoms with Crippen molar-refractivity contribution in [3.05, 3.63) is 41.5 Å². The Morgan fingerprint density at radius 3 is 2.95 bits per heavy atom. The molecule has 1 aromatic heterocycles. The zero-order valence-electron chi connectivity index (χ0n) is 11.1. The lowest BCUT2D eigenvalue weighted by atomic mass is 9.97. The van der Waals surface area contributed by atoms with E-state index in [1.807, 2.05) is 18.2 Å². The average molecular weight is 259 g/mol. The lowest BCUT2D eigenvalue weighted by Crippen LogP contribution is -2.31. The van der Waals surface area contributed by atoms with Gasteiger partial charge in [0.2, 0.25) is 0 Å². The standard InChI is InChI=1S/C14H17N3O2/c1-18-9-3-4-12(19-2)10(7-9)13-14-11(5-6-15-13)16-8-17-14/h3-4,7-8,13,15H,5-6H2,1-2H3,(H,16,17)/t13-/m0/s1. The van der Waals surface area contributed by atoms with Gasteiger partial charge < -0.3 is 19.8 Å². The van der Waals surface area contributed by atoms with E-state index in [1.54, 1.807) is 20.5 Å². The number of rotatable bonds is 3. The molecule has 1 aliphatic heterocycles. The normalized spacial score (nSPS) is 17.9. The highest BCUT2D eigenvalue weighted by molar-refractivity contribution is 5.46. The van der Waals surface area contributed by atoms with Gasteiger partial charge in [0.25, 0.3) is 0 Å². The summed E-state index contributed by atoms with van der Waals surface area (Å²) in [6.07, 6.45) is 2.72. The van der Waals surface area contributed by atoms with E-state index < -0.39 is 0 Å². The van der Waals surface area contributed by atoms with Crippen LogP contribution in [0.25, 0.3) is 0 Å². The van der Waals surface area contributed by atoms with E-state index in [0.29, 0.717) is 0 Å². The van der Waals surface area contributed by atoms with Gasteiger partial charge in [0.1, 0.15) is 11.5 Å². The smallest absolute Gasteiger partial charge is 0.124 e. The molecule has 2 N–H and O–H groups in total. The number of methoxy groups -OCH3 is 2. The summed E-state index contributed by atoms with van der Waals surface area (Å²) in [5, 5.41) is 3.49. The first-order valence-corrected chi connectivity index (χ1v) is 6.31. The van der Waals surface area contributed by atoms with Gasteiger partial charge in [-0.3, -0.25) is 0 Å². The van der Waals surface area contributed by atoms with Gasteiger partial charge in [0.05, 0.1) is 32.3 Å². The summed E-state index contributed by atoms with van der Waals surface area (Å²) >= 11 is 0. The SMILES string of the molecule is COc1ccc(OC)c([C@@H]2NCCc3[nH]cnc32)c1. The largest absolute Gasteiger partial charge is 0.497 e. The molecule has 0 saturated carbocycles. The van der Waals surface area contributed by atoms with Gasteiger partial charge in [0.15, 0.2) is 0 Å². The molecule has 0 radical (unpaired) electrons. The van der Waals surface area contributed by atoms with Gasteiger partial charge in [-0.15, -0.1) is 0 Å². The molecule has 100 valence electrons. The summed E-state index contributed by atoms with van der Waals surface area (Å²) in [4.78, 5) is 7.63. The first-order chi connectivity index (χ1) is 9.33. The van der Waals surface area contributed by atoms with E-state index in [2.05, 4.69) is 15.3 Å². The minimum atomic E-state index is 0.0417. The van der Waals surface area contributed by atoms with Crippen LogP contribution in [-0.4, -0.2) is 30.7 Å². The van der Waals surface area contributed by atoms with Crippen molar-refractivity contribution in [3.8, 4) is 11.5 Å². The van der Waals surface area contributed by atoms with Gasteiger partial charge in [-0.1, -0.05) is 0 Å². The zero-order valence-corrected chi connectivity index (χ0v) is 11.1. The minimum absolute atomic E-state index is 0.0417. The quantitative estimate of drug-likeness (QED) is 0.880. The predicted octanol–water partition coefficient (Wildman–Crippen LogP) is 1.66. The van der Waals surface area contributed by atoms with Crippen molar-refractivity contribution in [3.63, 3.8) is 0 Å². The van der Waals surface area contributed by atoms with Crippen molar-refractivity contribution in [2.75, 3.05) is 20.8 Å². The summed E-state index contributed by atoms with van der Waals surface area (Å²) in [6, 6.07) is 5.87. The molecule has 1 atom stereocenters. The van der Waals surface area contributed by atoms with Gasteiger partial charge in [-0.25, -0.2) is 4.98 Å². The van der Waals surface area contributed by atoms with Gasteiger partial charge in [0, 0.05) is 24.2 Å².